The molecule has 1 aliphatic heterocycles. The zero-order valence-electron chi connectivity index (χ0n) is 12.2. The van der Waals surface area contributed by atoms with Crippen LogP contribution in [0.3, 0.4) is 0 Å². The van der Waals surface area contributed by atoms with Crippen molar-refractivity contribution in [3.63, 3.8) is 0 Å². The third-order valence-corrected chi connectivity index (χ3v) is 3.82. The fraction of sp³-hybridized carbons (Fsp3) is 0.467. The Morgan fingerprint density at radius 1 is 1.52 bits per heavy atom. The number of likely N-dealkylation sites (N-methyl/N-ethyl adjacent to an activating group) is 1. The van der Waals surface area contributed by atoms with Gasteiger partial charge in [-0.25, -0.2) is 0 Å². The number of likely N-dealkylation sites (tertiary alicyclic amines) is 1. The van der Waals surface area contributed by atoms with Gasteiger partial charge in [-0.2, -0.15) is 0 Å². The maximum absolute atomic E-state index is 12.3. The highest BCUT2D eigenvalue weighted by atomic mass is 16.4. The number of piperidine rings is 1. The molecule has 1 aromatic rings. The van der Waals surface area contributed by atoms with Gasteiger partial charge in [-0.15, -0.1) is 0 Å². The van der Waals surface area contributed by atoms with Gasteiger partial charge in [-0.1, -0.05) is 24.2 Å². The van der Waals surface area contributed by atoms with Crippen LogP contribution in [0.25, 0.3) is 0 Å². The molecular weight excluding hydrogens is 268 g/mol. The lowest BCUT2D eigenvalue weighted by Crippen LogP contribution is -2.47. The van der Waals surface area contributed by atoms with Gasteiger partial charge in [0.2, 0.25) is 0 Å². The summed E-state index contributed by atoms with van der Waals surface area (Å²) in [5, 5.41) is 14.7. The van der Waals surface area contributed by atoms with Crippen molar-refractivity contribution in [1.29, 1.82) is 0 Å². The molecule has 1 fully saturated rings. The lowest BCUT2D eigenvalue weighted by molar-refractivity contribution is 0.0906. The summed E-state index contributed by atoms with van der Waals surface area (Å²) in [7, 11) is 0. The van der Waals surface area contributed by atoms with E-state index in [2.05, 4.69) is 22.3 Å². The van der Waals surface area contributed by atoms with Gasteiger partial charge in [0.25, 0.3) is 5.91 Å². The van der Waals surface area contributed by atoms with E-state index in [0.717, 1.165) is 32.5 Å². The van der Waals surface area contributed by atoms with E-state index >= 15 is 0 Å². The van der Waals surface area contributed by atoms with Gasteiger partial charge in [0.05, 0.1) is 0 Å². The van der Waals surface area contributed by atoms with Gasteiger partial charge in [-0.3, -0.25) is 4.79 Å². The predicted molar refractivity (Wildman–Crippen MR) is 81.6 cm³/mol. The summed E-state index contributed by atoms with van der Waals surface area (Å²) in [4.78, 5) is 14.6. The molecule has 2 rings (SSSR count). The topological polar surface area (TPSA) is 91.0 Å². The van der Waals surface area contributed by atoms with Gasteiger partial charge >= 0.3 is 0 Å². The molecule has 1 amide bonds. The minimum absolute atomic E-state index is 0.000487. The van der Waals surface area contributed by atoms with Crippen molar-refractivity contribution in [2.24, 2.45) is 10.9 Å². The number of amides is 1. The molecule has 1 unspecified atom stereocenters. The number of benzene rings is 1. The van der Waals surface area contributed by atoms with Crippen LogP contribution in [0.15, 0.2) is 29.4 Å². The molecular formula is C15H22N4O2. The zero-order valence-corrected chi connectivity index (χ0v) is 12.2. The Hall–Kier alpha value is -2.08. The van der Waals surface area contributed by atoms with E-state index in [1.54, 1.807) is 24.3 Å². The number of oxime groups is 1. The number of nitrogens with two attached hydrogens (primary N) is 1. The maximum atomic E-state index is 12.3. The first kappa shape index (κ1) is 15.3. The minimum atomic E-state index is -0.120. The molecule has 114 valence electrons. The molecule has 0 saturated carbocycles. The average Bonchev–Trinajstić information content (AvgIpc) is 2.54. The third kappa shape index (κ3) is 3.95. The fourth-order valence-electron chi connectivity index (χ4n) is 2.61. The van der Waals surface area contributed by atoms with E-state index in [1.807, 2.05) is 0 Å². The number of rotatable bonds is 4. The number of carbonyl (C=O) groups excluding carboxylic acids is 1. The van der Waals surface area contributed by atoms with Crippen LogP contribution in [-0.2, 0) is 0 Å². The first-order valence-corrected chi connectivity index (χ1v) is 7.25. The summed E-state index contributed by atoms with van der Waals surface area (Å²) in [6, 6.07) is 6.96. The Balaban J connectivity index is 2.03. The van der Waals surface area contributed by atoms with E-state index < -0.39 is 0 Å². The SMILES string of the molecule is CCN1CCCC(NC(=O)c2cccc(C(N)=NO)c2)C1. The normalized spacial score (nSPS) is 20.2. The van der Waals surface area contributed by atoms with Gasteiger partial charge < -0.3 is 21.2 Å². The Bertz CT molecular complexity index is 530. The second-order valence-corrected chi connectivity index (χ2v) is 5.27. The van der Waals surface area contributed by atoms with E-state index in [0.29, 0.717) is 11.1 Å². The number of hydrogen-bond donors (Lipinski definition) is 3. The number of amidine groups is 1. The number of nitrogens with zero attached hydrogens (tertiary/aromatic N) is 2. The van der Waals surface area contributed by atoms with E-state index in [4.69, 9.17) is 10.9 Å². The highest BCUT2D eigenvalue weighted by Gasteiger charge is 2.20. The molecule has 1 saturated heterocycles. The molecule has 1 aliphatic rings. The standard InChI is InChI=1S/C15H22N4O2/c1-2-19-8-4-7-13(10-19)17-15(20)12-6-3-5-11(9-12)14(16)18-21/h3,5-6,9,13,21H,2,4,7-8,10H2,1H3,(H2,16,18)(H,17,20). The van der Waals surface area contributed by atoms with Crippen LogP contribution >= 0.6 is 0 Å². The second kappa shape index (κ2) is 7.08. The van der Waals surface area contributed by atoms with Crippen LogP contribution in [0.5, 0.6) is 0 Å². The fourth-order valence-corrected chi connectivity index (χ4v) is 2.61. The monoisotopic (exact) mass is 290 g/mol. The van der Waals surface area contributed by atoms with E-state index in [9.17, 15) is 4.79 Å². The van der Waals surface area contributed by atoms with Crippen molar-refractivity contribution < 1.29 is 10.0 Å². The van der Waals surface area contributed by atoms with Gasteiger partial charge in [0, 0.05) is 23.7 Å². The molecule has 4 N–H and O–H groups in total. The maximum Gasteiger partial charge on any atom is 0.251 e. The molecule has 1 aromatic carbocycles. The van der Waals surface area contributed by atoms with Crippen molar-refractivity contribution >= 4 is 11.7 Å². The van der Waals surface area contributed by atoms with Crippen molar-refractivity contribution in [3.8, 4) is 0 Å². The highest BCUT2D eigenvalue weighted by molar-refractivity contribution is 6.01. The smallest absolute Gasteiger partial charge is 0.251 e. The summed E-state index contributed by atoms with van der Waals surface area (Å²) in [6.45, 7) is 5.13. The lowest BCUT2D eigenvalue weighted by Gasteiger charge is -2.32. The predicted octanol–water partition coefficient (Wildman–Crippen LogP) is 0.995. The molecule has 0 aromatic heterocycles. The Morgan fingerprint density at radius 2 is 2.29 bits per heavy atom. The number of hydrogen-bond acceptors (Lipinski definition) is 4. The minimum Gasteiger partial charge on any atom is -0.409 e. The van der Waals surface area contributed by atoms with Crippen LogP contribution < -0.4 is 11.1 Å². The largest absolute Gasteiger partial charge is 0.409 e. The molecule has 0 aliphatic carbocycles. The van der Waals surface area contributed by atoms with E-state index in [-0.39, 0.29) is 17.8 Å². The molecule has 1 heterocycles. The van der Waals surface area contributed by atoms with Gasteiger partial charge in [0.1, 0.15) is 0 Å². The molecule has 1 atom stereocenters. The third-order valence-electron chi connectivity index (χ3n) is 3.82. The number of carbonyl (C=O) groups is 1. The van der Waals surface area contributed by atoms with Crippen molar-refractivity contribution in [2.75, 3.05) is 19.6 Å². The first-order chi connectivity index (χ1) is 10.1. The summed E-state index contributed by atoms with van der Waals surface area (Å²) in [5.41, 5.74) is 6.60. The lowest BCUT2D eigenvalue weighted by atomic mass is 10.0. The highest BCUT2D eigenvalue weighted by Crippen LogP contribution is 2.11. The summed E-state index contributed by atoms with van der Waals surface area (Å²) >= 11 is 0. The van der Waals surface area contributed by atoms with Crippen LogP contribution in [-0.4, -0.2) is 47.5 Å². The molecule has 0 spiro atoms. The van der Waals surface area contributed by atoms with E-state index in [1.165, 1.54) is 0 Å². The molecule has 6 heteroatoms. The average molecular weight is 290 g/mol. The van der Waals surface area contributed by atoms with Crippen molar-refractivity contribution in [1.82, 2.24) is 10.2 Å². The summed E-state index contributed by atoms with van der Waals surface area (Å²) in [5.74, 6) is -0.120. The molecule has 6 nitrogen and oxygen atoms in total. The molecule has 0 radical (unpaired) electrons. The Kier molecular flexibility index (Phi) is 5.16. The second-order valence-electron chi connectivity index (χ2n) is 5.27. The van der Waals surface area contributed by atoms with Crippen LogP contribution in [0.4, 0.5) is 0 Å². The van der Waals surface area contributed by atoms with Crippen LogP contribution in [0.2, 0.25) is 0 Å². The summed E-state index contributed by atoms with van der Waals surface area (Å²) < 4.78 is 0. The van der Waals surface area contributed by atoms with Crippen molar-refractivity contribution in [3.05, 3.63) is 35.4 Å². The molecule has 21 heavy (non-hydrogen) atoms. The number of nitrogens with one attached hydrogen (secondary N) is 1. The van der Waals surface area contributed by atoms with Crippen molar-refractivity contribution in [2.45, 2.75) is 25.8 Å². The Morgan fingerprint density at radius 3 is 3.00 bits per heavy atom. The van der Waals surface area contributed by atoms with Crippen LogP contribution in [0, 0.1) is 0 Å². The molecule has 0 bridgehead atoms. The van der Waals surface area contributed by atoms with Crippen LogP contribution in [0.1, 0.15) is 35.7 Å². The quantitative estimate of drug-likeness (QED) is 0.334. The Labute approximate surface area is 124 Å². The zero-order chi connectivity index (χ0) is 15.2. The first-order valence-electron chi connectivity index (χ1n) is 7.25. The summed E-state index contributed by atoms with van der Waals surface area (Å²) in [6.07, 6.45) is 2.10. The van der Waals surface area contributed by atoms with Gasteiger partial charge in [-0.05, 0) is 38.1 Å². The van der Waals surface area contributed by atoms with Gasteiger partial charge in [0.15, 0.2) is 5.84 Å².